The molecule has 3 aromatic rings. The number of hydrogen-bond donors (Lipinski definition) is 0. The molecule has 0 aliphatic heterocycles. The van der Waals surface area contributed by atoms with Crippen LogP contribution in [0.2, 0.25) is 0 Å². The second-order valence-electron chi connectivity index (χ2n) is 8.83. The van der Waals surface area contributed by atoms with Crippen molar-refractivity contribution in [3.63, 3.8) is 0 Å². The Morgan fingerprint density at radius 1 is 0.903 bits per heavy atom. The van der Waals surface area contributed by atoms with Crippen molar-refractivity contribution in [1.29, 1.82) is 0 Å². The molecule has 1 heterocycles. The van der Waals surface area contributed by atoms with E-state index in [1.165, 1.54) is 27.3 Å². The van der Waals surface area contributed by atoms with Gasteiger partial charge < -0.3 is 4.90 Å². The number of likely N-dealkylation sites (N-methyl/N-ethyl adjacent to an activating group) is 1. The standard InChI is InChI=1S/C25H29N3O3/c1-25(2,3)21-12-10-20(11-13-21)16-26(4)23(30)18-28-22(29)14-15-27(24(28)31)17-19-8-6-5-7-9-19/h5-15H,16-18H2,1-4H3. The van der Waals surface area contributed by atoms with Crippen molar-refractivity contribution >= 4 is 5.91 Å². The normalized spacial score (nSPS) is 11.4. The molecule has 0 radical (unpaired) electrons. The van der Waals surface area contributed by atoms with E-state index in [0.29, 0.717) is 13.1 Å². The van der Waals surface area contributed by atoms with Crippen molar-refractivity contribution < 1.29 is 4.79 Å². The van der Waals surface area contributed by atoms with E-state index in [9.17, 15) is 14.4 Å². The summed E-state index contributed by atoms with van der Waals surface area (Å²) in [5, 5.41) is 0. The van der Waals surface area contributed by atoms with Gasteiger partial charge in [0.15, 0.2) is 0 Å². The minimum absolute atomic E-state index is 0.0639. The fourth-order valence-electron chi connectivity index (χ4n) is 3.33. The number of carbonyl (C=O) groups excluding carboxylic acids is 1. The average molecular weight is 420 g/mol. The highest BCUT2D eigenvalue weighted by Crippen LogP contribution is 2.22. The first-order valence-electron chi connectivity index (χ1n) is 10.3. The van der Waals surface area contributed by atoms with Crippen molar-refractivity contribution in [3.8, 4) is 0 Å². The number of aromatic nitrogens is 2. The van der Waals surface area contributed by atoms with Crippen molar-refractivity contribution in [3.05, 3.63) is 104 Å². The molecule has 0 bridgehead atoms. The number of rotatable bonds is 6. The van der Waals surface area contributed by atoms with Crippen LogP contribution >= 0.6 is 0 Å². The molecule has 1 aromatic heterocycles. The predicted molar refractivity (Wildman–Crippen MR) is 122 cm³/mol. The zero-order chi connectivity index (χ0) is 22.6. The Hall–Kier alpha value is -3.41. The lowest BCUT2D eigenvalue weighted by atomic mass is 9.87. The molecular formula is C25H29N3O3. The first-order valence-corrected chi connectivity index (χ1v) is 10.3. The molecule has 0 atom stereocenters. The van der Waals surface area contributed by atoms with Gasteiger partial charge in [0.25, 0.3) is 5.56 Å². The van der Waals surface area contributed by atoms with Crippen LogP contribution in [0.3, 0.4) is 0 Å². The molecule has 0 aliphatic carbocycles. The summed E-state index contributed by atoms with van der Waals surface area (Å²) in [4.78, 5) is 39.3. The van der Waals surface area contributed by atoms with Gasteiger partial charge in [-0.2, -0.15) is 0 Å². The SMILES string of the molecule is CN(Cc1ccc(C(C)(C)C)cc1)C(=O)Cn1c(=O)ccn(Cc2ccccc2)c1=O. The van der Waals surface area contributed by atoms with Crippen molar-refractivity contribution in [1.82, 2.24) is 14.0 Å². The summed E-state index contributed by atoms with van der Waals surface area (Å²) >= 11 is 0. The lowest BCUT2D eigenvalue weighted by Gasteiger charge is -2.21. The largest absolute Gasteiger partial charge is 0.340 e. The van der Waals surface area contributed by atoms with Crippen LogP contribution in [0.4, 0.5) is 0 Å². The quantitative estimate of drug-likeness (QED) is 0.617. The Bertz CT molecular complexity index is 1150. The fraction of sp³-hybridized carbons (Fsp3) is 0.320. The molecule has 1 amide bonds. The highest BCUT2D eigenvalue weighted by Gasteiger charge is 2.16. The van der Waals surface area contributed by atoms with E-state index in [0.717, 1.165) is 15.7 Å². The summed E-state index contributed by atoms with van der Waals surface area (Å²) in [6.45, 7) is 6.91. The highest BCUT2D eigenvalue weighted by molar-refractivity contribution is 5.75. The zero-order valence-corrected chi connectivity index (χ0v) is 18.5. The van der Waals surface area contributed by atoms with Gasteiger partial charge in [0.1, 0.15) is 6.54 Å². The first kappa shape index (κ1) is 22.3. The summed E-state index contributed by atoms with van der Waals surface area (Å²) in [6.07, 6.45) is 1.47. The van der Waals surface area contributed by atoms with Gasteiger partial charge in [0, 0.05) is 25.9 Å². The Morgan fingerprint density at radius 2 is 1.55 bits per heavy atom. The van der Waals surface area contributed by atoms with Gasteiger partial charge >= 0.3 is 5.69 Å². The first-order chi connectivity index (χ1) is 14.6. The number of benzene rings is 2. The monoisotopic (exact) mass is 419 g/mol. The summed E-state index contributed by atoms with van der Waals surface area (Å²) in [5.41, 5.74) is 2.25. The van der Waals surface area contributed by atoms with E-state index >= 15 is 0 Å². The molecule has 2 aromatic carbocycles. The smallest absolute Gasteiger partial charge is 0.331 e. The molecule has 3 rings (SSSR count). The number of carbonyl (C=O) groups is 1. The Labute approximate surface area is 182 Å². The van der Waals surface area contributed by atoms with E-state index in [1.54, 1.807) is 7.05 Å². The van der Waals surface area contributed by atoms with Gasteiger partial charge in [-0.3, -0.25) is 18.7 Å². The zero-order valence-electron chi connectivity index (χ0n) is 18.5. The molecule has 6 nitrogen and oxygen atoms in total. The van der Waals surface area contributed by atoms with Crippen LogP contribution < -0.4 is 11.2 Å². The van der Waals surface area contributed by atoms with Crippen LogP contribution in [-0.4, -0.2) is 27.0 Å². The number of hydrogen-bond acceptors (Lipinski definition) is 3. The van der Waals surface area contributed by atoms with Crippen LogP contribution in [-0.2, 0) is 29.8 Å². The second kappa shape index (κ2) is 9.16. The molecule has 0 unspecified atom stereocenters. The van der Waals surface area contributed by atoms with E-state index < -0.39 is 11.2 Å². The maximum atomic E-state index is 12.8. The minimum atomic E-state index is -0.493. The number of amides is 1. The van der Waals surface area contributed by atoms with Crippen LogP contribution in [0, 0.1) is 0 Å². The molecule has 0 N–H and O–H groups in total. The van der Waals surface area contributed by atoms with Crippen LogP contribution in [0.1, 0.15) is 37.5 Å². The molecule has 162 valence electrons. The third-order valence-electron chi connectivity index (χ3n) is 5.29. The van der Waals surface area contributed by atoms with Gasteiger partial charge in [-0.05, 0) is 22.1 Å². The van der Waals surface area contributed by atoms with E-state index in [1.807, 2.05) is 42.5 Å². The molecular weight excluding hydrogens is 390 g/mol. The molecule has 0 fully saturated rings. The summed E-state index contributed by atoms with van der Waals surface area (Å²) in [7, 11) is 1.68. The third kappa shape index (κ3) is 5.60. The van der Waals surface area contributed by atoms with Crippen molar-refractivity contribution in [2.24, 2.45) is 0 Å². The van der Waals surface area contributed by atoms with Gasteiger partial charge in [-0.25, -0.2) is 4.79 Å². The Balaban J connectivity index is 1.73. The Kier molecular flexibility index (Phi) is 6.59. The minimum Gasteiger partial charge on any atom is -0.340 e. The topological polar surface area (TPSA) is 64.3 Å². The van der Waals surface area contributed by atoms with Crippen LogP contribution in [0.15, 0.2) is 76.4 Å². The molecule has 0 saturated carbocycles. The Morgan fingerprint density at radius 3 is 2.16 bits per heavy atom. The van der Waals surface area contributed by atoms with Gasteiger partial charge in [0.2, 0.25) is 5.91 Å². The van der Waals surface area contributed by atoms with Crippen LogP contribution in [0.5, 0.6) is 0 Å². The third-order valence-corrected chi connectivity index (χ3v) is 5.29. The maximum absolute atomic E-state index is 12.8. The molecule has 0 saturated heterocycles. The summed E-state index contributed by atoms with van der Waals surface area (Å²) in [6, 6.07) is 19.0. The van der Waals surface area contributed by atoms with E-state index in [-0.39, 0.29) is 17.9 Å². The molecule has 0 spiro atoms. The molecule has 31 heavy (non-hydrogen) atoms. The van der Waals surface area contributed by atoms with E-state index in [2.05, 4.69) is 32.9 Å². The summed E-state index contributed by atoms with van der Waals surface area (Å²) in [5.74, 6) is -0.295. The van der Waals surface area contributed by atoms with Gasteiger partial charge in [-0.1, -0.05) is 75.4 Å². The highest BCUT2D eigenvalue weighted by atomic mass is 16.2. The molecule has 6 heteroatoms. The van der Waals surface area contributed by atoms with E-state index in [4.69, 9.17) is 0 Å². The summed E-state index contributed by atoms with van der Waals surface area (Å²) < 4.78 is 2.43. The van der Waals surface area contributed by atoms with Gasteiger partial charge in [0.05, 0.1) is 6.54 Å². The second-order valence-corrected chi connectivity index (χ2v) is 8.83. The van der Waals surface area contributed by atoms with Gasteiger partial charge in [-0.15, -0.1) is 0 Å². The maximum Gasteiger partial charge on any atom is 0.331 e. The predicted octanol–water partition coefficient (Wildman–Crippen LogP) is 3.01. The lowest BCUT2D eigenvalue weighted by molar-refractivity contribution is -0.131. The fourth-order valence-corrected chi connectivity index (χ4v) is 3.33. The lowest BCUT2D eigenvalue weighted by Crippen LogP contribution is -2.43. The number of nitrogens with zero attached hydrogens (tertiary/aromatic N) is 3. The van der Waals surface area contributed by atoms with Crippen molar-refractivity contribution in [2.45, 2.75) is 45.8 Å². The van der Waals surface area contributed by atoms with Crippen molar-refractivity contribution in [2.75, 3.05) is 7.05 Å². The molecule has 0 aliphatic rings. The van der Waals surface area contributed by atoms with Crippen LogP contribution in [0.25, 0.3) is 0 Å². The average Bonchev–Trinajstić information content (AvgIpc) is 2.73.